The average molecular weight is 436 g/mol. The number of carbonyl (C=O) groups excluding carboxylic acids is 1. The van der Waals surface area contributed by atoms with Crippen molar-refractivity contribution in [1.82, 2.24) is 14.1 Å². The summed E-state index contributed by atoms with van der Waals surface area (Å²) in [5.74, 6) is 0.296. The number of rotatable bonds is 5. The summed E-state index contributed by atoms with van der Waals surface area (Å²) in [5.41, 5.74) is -0.0526. The maximum Gasteiger partial charge on any atom is 0.246 e. The summed E-state index contributed by atoms with van der Waals surface area (Å²) in [6.07, 6.45) is 5.27. The van der Waals surface area contributed by atoms with E-state index in [9.17, 15) is 17.6 Å². The second kappa shape index (κ2) is 7.28. The number of sulfonamides is 1. The van der Waals surface area contributed by atoms with Crippen molar-refractivity contribution in [2.75, 3.05) is 32.7 Å². The zero-order valence-electron chi connectivity index (χ0n) is 17.5. The highest BCUT2D eigenvalue weighted by Gasteiger charge is 2.58. The minimum Gasteiger partial charge on any atom is -0.336 e. The first-order valence-electron chi connectivity index (χ1n) is 11.1. The molecule has 2 heterocycles. The predicted octanol–water partition coefficient (Wildman–Crippen LogP) is 2.31. The van der Waals surface area contributed by atoms with E-state index in [0.29, 0.717) is 19.6 Å². The maximum atomic E-state index is 14.0. The van der Waals surface area contributed by atoms with Crippen LogP contribution in [0.3, 0.4) is 0 Å². The second-order valence-electron chi connectivity index (χ2n) is 9.88. The van der Waals surface area contributed by atoms with Gasteiger partial charge < -0.3 is 4.90 Å². The molecule has 2 aliphatic heterocycles. The SMILES string of the molecule is C[C@@H]1CCN(CC2CC2)CC(=O)N1C1CC2(C1)CN(S(=O)(=O)c1ccccc1F)C2. The predicted molar refractivity (Wildman–Crippen MR) is 111 cm³/mol. The van der Waals surface area contributed by atoms with Crippen molar-refractivity contribution in [2.45, 2.75) is 56.0 Å². The molecule has 1 aromatic carbocycles. The summed E-state index contributed by atoms with van der Waals surface area (Å²) >= 11 is 0. The molecule has 164 valence electrons. The van der Waals surface area contributed by atoms with Crippen LogP contribution in [0.1, 0.15) is 39.0 Å². The summed E-state index contributed by atoms with van der Waals surface area (Å²) in [4.78, 5) is 17.1. The van der Waals surface area contributed by atoms with Gasteiger partial charge in [-0.25, -0.2) is 12.8 Å². The summed E-state index contributed by atoms with van der Waals surface area (Å²) in [6, 6.07) is 5.97. The number of halogens is 1. The fraction of sp³-hybridized carbons (Fsp3) is 0.682. The Labute approximate surface area is 178 Å². The Balaban J connectivity index is 1.19. The third-order valence-electron chi connectivity index (χ3n) is 7.41. The number of hydrogen-bond donors (Lipinski definition) is 0. The molecule has 0 N–H and O–H groups in total. The first-order valence-corrected chi connectivity index (χ1v) is 12.5. The molecular weight excluding hydrogens is 405 g/mol. The van der Waals surface area contributed by atoms with Crippen LogP contribution in [0.2, 0.25) is 0 Å². The Hall–Kier alpha value is -1.51. The fourth-order valence-corrected chi connectivity index (χ4v) is 7.28. The van der Waals surface area contributed by atoms with Crippen LogP contribution in [0.4, 0.5) is 4.39 Å². The van der Waals surface area contributed by atoms with E-state index in [1.54, 1.807) is 6.07 Å². The number of carbonyl (C=O) groups is 1. The third-order valence-corrected chi connectivity index (χ3v) is 9.23. The molecule has 2 aliphatic carbocycles. The Morgan fingerprint density at radius 3 is 2.50 bits per heavy atom. The molecule has 4 aliphatic rings. The van der Waals surface area contributed by atoms with Crippen LogP contribution in [-0.4, -0.2) is 73.2 Å². The zero-order valence-corrected chi connectivity index (χ0v) is 18.3. The molecule has 0 radical (unpaired) electrons. The van der Waals surface area contributed by atoms with Gasteiger partial charge >= 0.3 is 0 Å². The van der Waals surface area contributed by atoms with Crippen LogP contribution < -0.4 is 0 Å². The molecule has 2 saturated heterocycles. The van der Waals surface area contributed by atoms with Crippen molar-refractivity contribution < 1.29 is 17.6 Å². The molecule has 1 amide bonds. The van der Waals surface area contributed by atoms with Crippen molar-refractivity contribution >= 4 is 15.9 Å². The summed E-state index contributed by atoms with van der Waals surface area (Å²) < 4.78 is 40.8. The van der Waals surface area contributed by atoms with E-state index in [1.807, 2.05) is 0 Å². The minimum absolute atomic E-state index is 0.0526. The lowest BCUT2D eigenvalue weighted by Crippen LogP contribution is -2.68. The van der Waals surface area contributed by atoms with Crippen molar-refractivity contribution in [2.24, 2.45) is 11.3 Å². The molecular formula is C22H30FN3O3S. The van der Waals surface area contributed by atoms with Crippen LogP contribution in [0, 0.1) is 17.2 Å². The van der Waals surface area contributed by atoms with Gasteiger partial charge in [-0.1, -0.05) is 12.1 Å². The molecule has 5 rings (SSSR count). The lowest BCUT2D eigenvalue weighted by molar-refractivity contribution is -0.146. The van der Waals surface area contributed by atoms with Crippen molar-refractivity contribution in [3.05, 3.63) is 30.1 Å². The molecule has 1 spiro atoms. The highest BCUT2D eigenvalue weighted by molar-refractivity contribution is 7.89. The van der Waals surface area contributed by atoms with E-state index in [1.165, 1.54) is 35.3 Å². The zero-order chi connectivity index (χ0) is 21.1. The smallest absolute Gasteiger partial charge is 0.246 e. The van der Waals surface area contributed by atoms with Gasteiger partial charge in [-0.3, -0.25) is 9.69 Å². The number of amides is 1. The summed E-state index contributed by atoms with van der Waals surface area (Å²) in [7, 11) is -3.79. The number of hydrogen-bond acceptors (Lipinski definition) is 4. The molecule has 2 saturated carbocycles. The van der Waals surface area contributed by atoms with Gasteiger partial charge in [0.25, 0.3) is 0 Å². The highest BCUT2D eigenvalue weighted by atomic mass is 32.2. The molecule has 0 aromatic heterocycles. The van der Waals surface area contributed by atoms with E-state index in [0.717, 1.165) is 38.3 Å². The van der Waals surface area contributed by atoms with E-state index < -0.39 is 15.8 Å². The van der Waals surface area contributed by atoms with E-state index >= 15 is 0 Å². The average Bonchev–Trinajstić information content (AvgIpc) is 3.44. The molecule has 0 bridgehead atoms. The second-order valence-corrected chi connectivity index (χ2v) is 11.8. The minimum atomic E-state index is -3.79. The number of nitrogens with zero attached hydrogens (tertiary/aromatic N) is 3. The van der Waals surface area contributed by atoms with Crippen LogP contribution in [-0.2, 0) is 14.8 Å². The summed E-state index contributed by atoms with van der Waals surface area (Å²) in [6.45, 7) is 5.52. The van der Waals surface area contributed by atoms with E-state index in [4.69, 9.17) is 0 Å². The lowest BCUT2D eigenvalue weighted by atomic mass is 9.61. The lowest BCUT2D eigenvalue weighted by Gasteiger charge is -2.60. The van der Waals surface area contributed by atoms with Gasteiger partial charge in [-0.05, 0) is 57.1 Å². The van der Waals surface area contributed by atoms with Gasteiger partial charge in [0.1, 0.15) is 10.7 Å². The van der Waals surface area contributed by atoms with Crippen LogP contribution >= 0.6 is 0 Å². The Morgan fingerprint density at radius 2 is 1.83 bits per heavy atom. The van der Waals surface area contributed by atoms with Crippen LogP contribution in [0.15, 0.2) is 29.2 Å². The van der Waals surface area contributed by atoms with Gasteiger partial charge in [0.05, 0.1) is 6.54 Å². The van der Waals surface area contributed by atoms with Crippen LogP contribution in [0.25, 0.3) is 0 Å². The van der Waals surface area contributed by atoms with Crippen molar-refractivity contribution in [1.29, 1.82) is 0 Å². The molecule has 1 atom stereocenters. The Kier molecular flexibility index (Phi) is 4.95. The monoisotopic (exact) mass is 435 g/mol. The van der Waals surface area contributed by atoms with Gasteiger partial charge in [-0.15, -0.1) is 0 Å². The first-order chi connectivity index (χ1) is 14.3. The van der Waals surface area contributed by atoms with Crippen molar-refractivity contribution in [3.8, 4) is 0 Å². The van der Waals surface area contributed by atoms with Gasteiger partial charge in [0, 0.05) is 43.7 Å². The van der Waals surface area contributed by atoms with Crippen LogP contribution in [0.5, 0.6) is 0 Å². The standard InChI is InChI=1S/C22H30FN3O3S/c1-16-8-9-24(12-17-6-7-17)13-21(27)26(16)18-10-22(11-18)14-25(15-22)30(28,29)20-5-3-2-4-19(20)23/h2-5,16-18H,6-15H2,1H3/t16-/m1/s1. The maximum absolute atomic E-state index is 14.0. The largest absolute Gasteiger partial charge is 0.336 e. The quantitative estimate of drug-likeness (QED) is 0.712. The van der Waals surface area contributed by atoms with Crippen molar-refractivity contribution in [3.63, 3.8) is 0 Å². The number of benzene rings is 1. The Morgan fingerprint density at radius 1 is 1.13 bits per heavy atom. The normalized spacial score (nSPS) is 28.3. The molecule has 8 heteroatoms. The molecule has 1 aromatic rings. The van der Waals surface area contributed by atoms with Gasteiger partial charge in [0.15, 0.2) is 0 Å². The highest BCUT2D eigenvalue weighted by Crippen LogP contribution is 2.52. The molecule has 4 fully saturated rings. The van der Waals surface area contributed by atoms with E-state index in [-0.39, 0.29) is 28.3 Å². The fourth-order valence-electron chi connectivity index (χ4n) is 5.55. The first kappa shape index (κ1) is 20.4. The topological polar surface area (TPSA) is 60.9 Å². The molecule has 30 heavy (non-hydrogen) atoms. The molecule has 6 nitrogen and oxygen atoms in total. The van der Waals surface area contributed by atoms with Gasteiger partial charge in [-0.2, -0.15) is 4.31 Å². The Bertz CT molecular complexity index is 935. The van der Waals surface area contributed by atoms with E-state index in [2.05, 4.69) is 16.7 Å². The third kappa shape index (κ3) is 3.56. The summed E-state index contributed by atoms with van der Waals surface area (Å²) in [5, 5.41) is 0. The molecule has 0 unspecified atom stereocenters. The van der Waals surface area contributed by atoms with Gasteiger partial charge in [0.2, 0.25) is 15.9 Å².